The number of carbonyl (C=O) groups is 3. The van der Waals surface area contributed by atoms with Crippen molar-refractivity contribution < 1.29 is 19.1 Å². The molecule has 3 rings (SSSR count). The van der Waals surface area contributed by atoms with E-state index in [2.05, 4.69) is 0 Å². The van der Waals surface area contributed by atoms with Gasteiger partial charge in [0.05, 0.1) is 18.6 Å². The molecule has 5 heteroatoms. The summed E-state index contributed by atoms with van der Waals surface area (Å²) in [4.78, 5) is 41.2. The summed E-state index contributed by atoms with van der Waals surface area (Å²) in [5.41, 5.74) is 2.09. The third-order valence-corrected chi connectivity index (χ3v) is 5.21. The molecule has 1 atom stereocenters. The molecule has 1 heterocycles. The van der Waals surface area contributed by atoms with Crippen LogP contribution in [0.25, 0.3) is 0 Å². The Labute approximate surface area is 166 Å². The SMILES string of the molecule is CC1=C(OC(C)C)C(=O)C2=C(CN(Cc3ccccc3)C(=O)C2C(C)C)C1=O. The number of hydrogen-bond donors (Lipinski definition) is 0. The number of carbonyl (C=O) groups excluding carboxylic acids is 3. The molecular formula is C23H27NO4. The first-order valence-corrected chi connectivity index (χ1v) is 9.75. The predicted octanol–water partition coefficient (Wildman–Crippen LogP) is 3.45. The maximum atomic E-state index is 13.3. The topological polar surface area (TPSA) is 63.7 Å². The molecule has 0 bridgehead atoms. The largest absolute Gasteiger partial charge is 0.486 e. The van der Waals surface area contributed by atoms with Crippen molar-refractivity contribution in [2.45, 2.75) is 47.3 Å². The number of ether oxygens (including phenoxy) is 1. The Kier molecular flexibility index (Phi) is 5.54. The van der Waals surface area contributed by atoms with Gasteiger partial charge in [0.15, 0.2) is 11.5 Å². The summed E-state index contributed by atoms with van der Waals surface area (Å²) in [5.74, 6) is -1.26. The third kappa shape index (κ3) is 3.53. The summed E-state index contributed by atoms with van der Waals surface area (Å²) in [5, 5.41) is 0. The van der Waals surface area contributed by atoms with E-state index in [1.54, 1.807) is 11.8 Å². The van der Waals surface area contributed by atoms with E-state index >= 15 is 0 Å². The van der Waals surface area contributed by atoms with Crippen LogP contribution in [-0.2, 0) is 25.7 Å². The van der Waals surface area contributed by atoms with Crippen LogP contribution < -0.4 is 0 Å². The molecule has 0 radical (unpaired) electrons. The molecule has 0 saturated carbocycles. The lowest BCUT2D eigenvalue weighted by Gasteiger charge is -2.39. The number of allylic oxidation sites excluding steroid dienone is 2. The van der Waals surface area contributed by atoms with E-state index in [9.17, 15) is 14.4 Å². The van der Waals surface area contributed by atoms with E-state index in [0.29, 0.717) is 23.3 Å². The molecule has 0 N–H and O–H groups in total. The monoisotopic (exact) mass is 381 g/mol. The highest BCUT2D eigenvalue weighted by atomic mass is 16.5. The molecule has 5 nitrogen and oxygen atoms in total. The average molecular weight is 381 g/mol. The van der Waals surface area contributed by atoms with Gasteiger partial charge in [-0.15, -0.1) is 0 Å². The summed E-state index contributed by atoms with van der Waals surface area (Å²) in [6, 6.07) is 9.68. The van der Waals surface area contributed by atoms with Gasteiger partial charge in [-0.05, 0) is 32.3 Å². The molecule has 1 aliphatic carbocycles. The Morgan fingerprint density at radius 2 is 1.68 bits per heavy atom. The van der Waals surface area contributed by atoms with E-state index < -0.39 is 5.92 Å². The van der Waals surface area contributed by atoms with Crippen LogP contribution in [0, 0.1) is 11.8 Å². The van der Waals surface area contributed by atoms with E-state index in [1.807, 2.05) is 58.0 Å². The predicted molar refractivity (Wildman–Crippen MR) is 106 cm³/mol. The van der Waals surface area contributed by atoms with E-state index in [1.165, 1.54) is 0 Å². The molecule has 0 saturated heterocycles. The van der Waals surface area contributed by atoms with E-state index in [4.69, 9.17) is 4.74 Å². The van der Waals surface area contributed by atoms with Crippen LogP contribution in [0.3, 0.4) is 0 Å². The fraction of sp³-hybridized carbons (Fsp3) is 0.435. The van der Waals surface area contributed by atoms with Gasteiger partial charge < -0.3 is 9.64 Å². The normalized spacial score (nSPS) is 20.5. The van der Waals surface area contributed by atoms with Gasteiger partial charge in [0.1, 0.15) is 0 Å². The third-order valence-electron chi connectivity index (χ3n) is 5.21. The molecule has 28 heavy (non-hydrogen) atoms. The van der Waals surface area contributed by atoms with Crippen molar-refractivity contribution >= 4 is 17.5 Å². The van der Waals surface area contributed by atoms with Crippen molar-refractivity contribution in [2.75, 3.05) is 6.54 Å². The minimum Gasteiger partial charge on any atom is -0.486 e. The van der Waals surface area contributed by atoms with Crippen molar-refractivity contribution in [3.8, 4) is 0 Å². The summed E-state index contributed by atoms with van der Waals surface area (Å²) in [6.45, 7) is 9.65. The van der Waals surface area contributed by atoms with Crippen molar-refractivity contribution in [2.24, 2.45) is 11.8 Å². The zero-order valence-electron chi connectivity index (χ0n) is 17.1. The van der Waals surface area contributed by atoms with Crippen LogP contribution in [0.4, 0.5) is 0 Å². The molecule has 0 aromatic heterocycles. The number of benzene rings is 1. The lowest BCUT2D eigenvalue weighted by atomic mass is 9.74. The van der Waals surface area contributed by atoms with Gasteiger partial charge in [0, 0.05) is 23.3 Å². The van der Waals surface area contributed by atoms with Crippen LogP contribution in [0.2, 0.25) is 0 Å². The molecule has 2 aliphatic rings. The lowest BCUT2D eigenvalue weighted by Crippen LogP contribution is -2.48. The second kappa shape index (κ2) is 7.74. The van der Waals surface area contributed by atoms with Crippen molar-refractivity contribution in [1.29, 1.82) is 0 Å². The van der Waals surface area contributed by atoms with E-state index in [0.717, 1.165) is 5.56 Å². The van der Waals surface area contributed by atoms with Crippen LogP contribution >= 0.6 is 0 Å². The first-order valence-electron chi connectivity index (χ1n) is 9.75. The molecule has 1 aromatic carbocycles. The van der Waals surface area contributed by atoms with Gasteiger partial charge >= 0.3 is 0 Å². The summed E-state index contributed by atoms with van der Waals surface area (Å²) in [6.07, 6.45) is -0.227. The summed E-state index contributed by atoms with van der Waals surface area (Å²) < 4.78 is 5.67. The number of ketones is 2. The number of nitrogens with zero attached hydrogens (tertiary/aromatic N) is 1. The second-order valence-corrected chi connectivity index (χ2v) is 8.07. The van der Waals surface area contributed by atoms with Gasteiger partial charge in [-0.2, -0.15) is 0 Å². The highest BCUT2D eigenvalue weighted by molar-refractivity contribution is 6.26. The highest BCUT2D eigenvalue weighted by Crippen LogP contribution is 2.38. The van der Waals surface area contributed by atoms with Crippen LogP contribution in [0.15, 0.2) is 52.8 Å². The van der Waals surface area contributed by atoms with Crippen LogP contribution in [-0.4, -0.2) is 35.0 Å². The Morgan fingerprint density at radius 3 is 2.25 bits per heavy atom. The van der Waals surface area contributed by atoms with Gasteiger partial charge in [-0.1, -0.05) is 44.2 Å². The maximum Gasteiger partial charge on any atom is 0.231 e. The molecule has 0 spiro atoms. The first-order chi connectivity index (χ1) is 13.2. The molecule has 0 fully saturated rings. The highest BCUT2D eigenvalue weighted by Gasteiger charge is 2.46. The molecule has 1 aromatic rings. The van der Waals surface area contributed by atoms with Crippen molar-refractivity contribution in [3.63, 3.8) is 0 Å². The summed E-state index contributed by atoms with van der Waals surface area (Å²) in [7, 11) is 0. The summed E-state index contributed by atoms with van der Waals surface area (Å²) >= 11 is 0. The van der Waals surface area contributed by atoms with Crippen molar-refractivity contribution in [3.05, 3.63) is 58.4 Å². The maximum absolute atomic E-state index is 13.3. The fourth-order valence-electron chi connectivity index (χ4n) is 3.89. The second-order valence-electron chi connectivity index (χ2n) is 8.07. The first kappa shape index (κ1) is 20.1. The van der Waals surface area contributed by atoms with Gasteiger partial charge in [0.25, 0.3) is 0 Å². The Bertz CT molecular complexity index is 877. The lowest BCUT2D eigenvalue weighted by molar-refractivity contribution is -0.139. The van der Waals surface area contributed by atoms with Crippen molar-refractivity contribution in [1.82, 2.24) is 4.90 Å². The molecule has 1 aliphatic heterocycles. The fourth-order valence-corrected chi connectivity index (χ4v) is 3.89. The number of amides is 1. The standard InChI is InChI=1S/C23H27NO4/c1-13(2)18-19-17(20(25)15(5)22(21(19)26)28-14(3)4)12-24(23(18)27)11-16-9-7-6-8-10-16/h6-10,13-14,18H,11-12H2,1-5H3. The smallest absolute Gasteiger partial charge is 0.231 e. The quantitative estimate of drug-likeness (QED) is 0.733. The Balaban J connectivity index is 2.03. The van der Waals surface area contributed by atoms with E-state index in [-0.39, 0.29) is 41.8 Å². The minimum atomic E-state index is -0.636. The molecular weight excluding hydrogens is 354 g/mol. The minimum absolute atomic E-state index is 0.0914. The van der Waals surface area contributed by atoms with Gasteiger partial charge in [-0.25, -0.2) is 0 Å². The molecule has 1 unspecified atom stereocenters. The van der Waals surface area contributed by atoms with Gasteiger partial charge in [0.2, 0.25) is 11.7 Å². The van der Waals surface area contributed by atoms with Gasteiger partial charge in [-0.3, -0.25) is 14.4 Å². The average Bonchev–Trinajstić information content (AvgIpc) is 2.65. The Morgan fingerprint density at radius 1 is 1.04 bits per heavy atom. The zero-order chi connectivity index (χ0) is 20.6. The molecule has 148 valence electrons. The van der Waals surface area contributed by atoms with Crippen LogP contribution in [0.5, 0.6) is 0 Å². The van der Waals surface area contributed by atoms with Crippen LogP contribution in [0.1, 0.15) is 40.2 Å². The number of Topliss-reactive ketones (excluding diaryl/α,β-unsaturated/α-hetero) is 2. The number of hydrogen-bond acceptors (Lipinski definition) is 4. The zero-order valence-corrected chi connectivity index (χ0v) is 17.1. The molecule has 1 amide bonds. The Hall–Kier alpha value is -2.69. The number of rotatable bonds is 5.